The summed E-state index contributed by atoms with van der Waals surface area (Å²) < 4.78 is 7.34. The summed E-state index contributed by atoms with van der Waals surface area (Å²) in [6, 6.07) is 8.33. The van der Waals surface area contributed by atoms with Crippen LogP contribution in [-0.2, 0) is 13.0 Å². The third kappa shape index (κ3) is 3.05. The molecule has 0 aliphatic carbocycles. The Morgan fingerprint density at radius 2 is 2.09 bits per heavy atom. The fourth-order valence-electron chi connectivity index (χ4n) is 2.15. The van der Waals surface area contributed by atoms with Gasteiger partial charge in [0.15, 0.2) is 15.3 Å². The van der Waals surface area contributed by atoms with Crippen molar-refractivity contribution in [3.05, 3.63) is 35.7 Å². The quantitative estimate of drug-likeness (QED) is 0.711. The molecule has 0 saturated heterocycles. The molecule has 0 atom stereocenters. The number of rotatable bonds is 5. The predicted octanol–water partition coefficient (Wildman–Crippen LogP) is 3.84. The normalized spacial score (nSPS) is 11.0. The highest BCUT2D eigenvalue weighted by Gasteiger charge is 2.15. The third-order valence-corrected chi connectivity index (χ3v) is 5.03. The molecule has 0 unspecified atom stereocenters. The highest BCUT2D eigenvalue weighted by atomic mass is 32.2. The van der Waals surface area contributed by atoms with Gasteiger partial charge in [-0.05, 0) is 43.2 Å². The average molecular weight is 331 g/mol. The van der Waals surface area contributed by atoms with E-state index in [0.29, 0.717) is 0 Å². The molecule has 0 radical (unpaired) electrons. The van der Waals surface area contributed by atoms with Crippen molar-refractivity contribution in [1.29, 1.82) is 0 Å². The lowest BCUT2D eigenvalue weighted by atomic mass is 10.1. The molecule has 3 aromatic rings. The first kappa shape index (κ1) is 15.2. The molecule has 114 valence electrons. The van der Waals surface area contributed by atoms with Gasteiger partial charge in [0.05, 0.1) is 0 Å². The molecule has 0 N–H and O–H groups in total. The van der Waals surface area contributed by atoms with Gasteiger partial charge in [0, 0.05) is 18.5 Å². The zero-order valence-electron chi connectivity index (χ0n) is 12.8. The zero-order chi connectivity index (χ0) is 15.5. The molecule has 1 aromatic carbocycles. The van der Waals surface area contributed by atoms with Crippen molar-refractivity contribution in [2.75, 3.05) is 0 Å². The summed E-state index contributed by atoms with van der Waals surface area (Å²) in [6.07, 6.45) is 0.853. The van der Waals surface area contributed by atoms with Crippen molar-refractivity contribution >= 4 is 23.3 Å². The van der Waals surface area contributed by atoms with Crippen LogP contribution in [0, 0.1) is 6.92 Å². The minimum absolute atomic E-state index is 0.818. The molecule has 7 heteroatoms. The summed E-state index contributed by atoms with van der Waals surface area (Å²) in [4.78, 5) is 4.48. The van der Waals surface area contributed by atoms with Crippen LogP contribution in [0.5, 0.6) is 0 Å². The summed E-state index contributed by atoms with van der Waals surface area (Å²) in [5.41, 5.74) is 2.31. The van der Waals surface area contributed by atoms with Gasteiger partial charge in [0.2, 0.25) is 0 Å². The third-order valence-electron chi connectivity index (χ3n) is 3.25. The molecule has 0 aliphatic heterocycles. The van der Waals surface area contributed by atoms with Crippen molar-refractivity contribution < 1.29 is 0 Å². The van der Waals surface area contributed by atoms with Crippen molar-refractivity contribution in [3.8, 4) is 11.4 Å². The average Bonchev–Trinajstić information content (AvgIpc) is 3.14. The summed E-state index contributed by atoms with van der Waals surface area (Å²) in [7, 11) is 0. The topological polar surface area (TPSA) is 56.5 Å². The monoisotopic (exact) mass is 331 g/mol. The second kappa shape index (κ2) is 6.58. The molecule has 0 saturated carbocycles. The maximum Gasteiger partial charge on any atom is 0.198 e. The van der Waals surface area contributed by atoms with Crippen LogP contribution >= 0.6 is 23.3 Å². The maximum atomic E-state index is 4.48. The number of hydrogen-bond acceptors (Lipinski definition) is 6. The van der Waals surface area contributed by atoms with E-state index in [-0.39, 0.29) is 0 Å². The van der Waals surface area contributed by atoms with Crippen molar-refractivity contribution in [1.82, 2.24) is 24.1 Å². The number of benzene rings is 1. The van der Waals surface area contributed by atoms with E-state index in [2.05, 4.69) is 63.1 Å². The maximum absolute atomic E-state index is 4.48. The molecule has 5 nitrogen and oxygen atoms in total. The Labute approximate surface area is 138 Å². The lowest BCUT2D eigenvalue weighted by molar-refractivity contribution is 0.687. The molecule has 0 fully saturated rings. The van der Waals surface area contributed by atoms with Crippen LogP contribution in [0.25, 0.3) is 11.4 Å². The minimum atomic E-state index is 0.818. The number of aryl methyl sites for hydroxylation is 2. The summed E-state index contributed by atoms with van der Waals surface area (Å²) in [5.74, 6) is 1.78. The summed E-state index contributed by atoms with van der Waals surface area (Å²) in [6.45, 7) is 7.06. The minimum Gasteiger partial charge on any atom is -0.302 e. The van der Waals surface area contributed by atoms with Crippen molar-refractivity contribution in [2.24, 2.45) is 0 Å². The van der Waals surface area contributed by atoms with E-state index < -0.39 is 0 Å². The Bertz CT molecular complexity index is 778. The lowest BCUT2D eigenvalue weighted by Crippen LogP contribution is -1.99. The predicted molar refractivity (Wildman–Crippen MR) is 89.3 cm³/mol. The Hall–Kier alpha value is -1.73. The van der Waals surface area contributed by atoms with Crippen LogP contribution in [0.3, 0.4) is 0 Å². The van der Waals surface area contributed by atoms with Gasteiger partial charge in [-0.1, -0.05) is 30.7 Å². The highest BCUT2D eigenvalue weighted by molar-refractivity contribution is 8.00. The molecule has 2 heterocycles. The molecule has 22 heavy (non-hydrogen) atoms. The van der Waals surface area contributed by atoms with E-state index in [9.17, 15) is 0 Å². The summed E-state index contributed by atoms with van der Waals surface area (Å²) >= 11 is 2.95. The molecule has 0 amide bonds. The smallest absolute Gasteiger partial charge is 0.198 e. The molecule has 0 bridgehead atoms. The Morgan fingerprint density at radius 3 is 2.77 bits per heavy atom. The Balaban J connectivity index is 1.93. The van der Waals surface area contributed by atoms with Gasteiger partial charge in [-0.25, -0.2) is 4.98 Å². The second-order valence-electron chi connectivity index (χ2n) is 4.85. The van der Waals surface area contributed by atoms with Gasteiger partial charge < -0.3 is 4.57 Å². The van der Waals surface area contributed by atoms with Crippen LogP contribution in [0.4, 0.5) is 0 Å². The number of aromatic nitrogens is 5. The highest BCUT2D eigenvalue weighted by Crippen LogP contribution is 2.30. The molecule has 0 aliphatic rings. The lowest BCUT2D eigenvalue weighted by Gasteiger charge is -2.06. The number of hydrogen-bond donors (Lipinski definition) is 0. The summed E-state index contributed by atoms with van der Waals surface area (Å²) in [5, 5.41) is 9.57. The molecule has 3 rings (SSSR count). The largest absolute Gasteiger partial charge is 0.302 e. The van der Waals surface area contributed by atoms with E-state index in [1.807, 2.05) is 6.07 Å². The van der Waals surface area contributed by atoms with Gasteiger partial charge in [0.1, 0.15) is 5.82 Å². The number of nitrogens with zero attached hydrogens (tertiary/aromatic N) is 5. The first-order valence-electron chi connectivity index (χ1n) is 7.22. The second-order valence-corrected chi connectivity index (χ2v) is 6.82. The molecular weight excluding hydrogens is 314 g/mol. The van der Waals surface area contributed by atoms with Gasteiger partial charge >= 0.3 is 0 Å². The van der Waals surface area contributed by atoms with Gasteiger partial charge in [-0.2, -0.15) is 4.37 Å². The fourth-order valence-corrected chi connectivity index (χ4v) is 3.85. The van der Waals surface area contributed by atoms with Crippen LogP contribution < -0.4 is 0 Å². The Morgan fingerprint density at radius 1 is 1.23 bits per heavy atom. The van der Waals surface area contributed by atoms with Gasteiger partial charge in [0.25, 0.3) is 0 Å². The first-order valence-corrected chi connectivity index (χ1v) is 8.81. The van der Waals surface area contributed by atoms with E-state index in [4.69, 9.17) is 0 Å². The zero-order valence-corrected chi connectivity index (χ0v) is 14.4. The van der Waals surface area contributed by atoms with Crippen molar-refractivity contribution in [2.45, 2.75) is 43.2 Å². The van der Waals surface area contributed by atoms with E-state index >= 15 is 0 Å². The van der Waals surface area contributed by atoms with E-state index in [1.54, 1.807) is 0 Å². The SMILES string of the molecule is CCc1nsc(Sc2nnc(-c3cccc(C)c3)n2CC)n1. The standard InChI is InChI=1S/C15H17N5S2/c1-4-12-16-15(22-19-12)21-14-18-17-13(20(14)5-2)11-8-6-7-10(3)9-11/h6-9H,4-5H2,1-3H3. The van der Waals surface area contributed by atoms with Crippen molar-refractivity contribution in [3.63, 3.8) is 0 Å². The van der Waals surface area contributed by atoms with Gasteiger partial charge in [-0.15, -0.1) is 10.2 Å². The van der Waals surface area contributed by atoms with E-state index in [1.165, 1.54) is 28.9 Å². The molecular formula is C15H17N5S2. The molecule has 0 spiro atoms. The van der Waals surface area contributed by atoms with Crippen LogP contribution in [-0.4, -0.2) is 24.1 Å². The van der Waals surface area contributed by atoms with Gasteiger partial charge in [-0.3, -0.25) is 0 Å². The first-order chi connectivity index (χ1) is 10.7. The van der Waals surface area contributed by atoms with Crippen LogP contribution in [0.1, 0.15) is 25.2 Å². The van der Waals surface area contributed by atoms with Crippen LogP contribution in [0.2, 0.25) is 0 Å². The fraction of sp³-hybridized carbons (Fsp3) is 0.333. The molecule has 2 aromatic heterocycles. The Kier molecular flexibility index (Phi) is 4.54. The van der Waals surface area contributed by atoms with Crippen LogP contribution in [0.15, 0.2) is 33.8 Å². The van der Waals surface area contributed by atoms with E-state index in [0.717, 1.165) is 39.7 Å².